The monoisotopic (exact) mass is 408 g/mol. The van der Waals surface area contributed by atoms with Gasteiger partial charge in [-0.1, -0.05) is 17.7 Å². The van der Waals surface area contributed by atoms with Gasteiger partial charge in [-0.3, -0.25) is 14.1 Å². The van der Waals surface area contributed by atoms with Crippen LogP contribution in [0.25, 0.3) is 16.7 Å². The van der Waals surface area contributed by atoms with Crippen molar-refractivity contribution in [3.63, 3.8) is 0 Å². The summed E-state index contributed by atoms with van der Waals surface area (Å²) in [6, 6.07) is 11.0. The van der Waals surface area contributed by atoms with Gasteiger partial charge in [-0.25, -0.2) is 9.97 Å². The van der Waals surface area contributed by atoms with E-state index < -0.39 is 0 Å². The molecule has 0 N–H and O–H groups in total. The first kappa shape index (κ1) is 18.3. The molecule has 5 rings (SSSR count). The molecule has 0 radical (unpaired) electrons. The summed E-state index contributed by atoms with van der Waals surface area (Å²) in [5.41, 5.74) is 4.10. The molecule has 0 saturated carbocycles. The predicted octanol–water partition coefficient (Wildman–Crippen LogP) is 4.18. The number of nitrogens with zero attached hydrogens (tertiary/aromatic N) is 4. The van der Waals surface area contributed by atoms with Gasteiger partial charge in [0.25, 0.3) is 5.56 Å². The van der Waals surface area contributed by atoms with E-state index in [2.05, 4.69) is 14.9 Å². The largest absolute Gasteiger partial charge is 0.440 e. The maximum absolute atomic E-state index is 12.4. The van der Waals surface area contributed by atoms with Crippen LogP contribution in [0, 0.1) is 6.92 Å². The standard InChI is InChI=1S/C22H21ClN4O2/c1-14-2-5-20-24-17(11-21(28)27(20)12-14)13-26-8-6-15(7-9-26)22-25-18-10-16(23)3-4-19(18)29-22/h2-5,10-12,15H,6-9,13H2,1H3. The van der Waals surface area contributed by atoms with Gasteiger partial charge in [-0.05, 0) is 62.7 Å². The van der Waals surface area contributed by atoms with Gasteiger partial charge in [0, 0.05) is 29.7 Å². The van der Waals surface area contributed by atoms with E-state index >= 15 is 0 Å². The topological polar surface area (TPSA) is 63.6 Å². The number of hydrogen-bond acceptors (Lipinski definition) is 5. The summed E-state index contributed by atoms with van der Waals surface area (Å²) in [7, 11) is 0. The van der Waals surface area contributed by atoms with Crippen LogP contribution in [0.2, 0.25) is 5.02 Å². The Hall–Kier alpha value is -2.70. The summed E-state index contributed by atoms with van der Waals surface area (Å²) >= 11 is 6.05. The van der Waals surface area contributed by atoms with Crippen molar-refractivity contribution in [1.82, 2.24) is 19.3 Å². The third-order valence-corrected chi connectivity index (χ3v) is 5.78. The number of benzene rings is 1. The number of aryl methyl sites for hydroxylation is 1. The first-order valence-corrected chi connectivity index (χ1v) is 10.2. The van der Waals surface area contributed by atoms with Gasteiger partial charge < -0.3 is 4.42 Å². The summed E-state index contributed by atoms with van der Waals surface area (Å²) in [4.78, 5) is 24.0. The number of oxazole rings is 1. The molecule has 6 nitrogen and oxygen atoms in total. The van der Waals surface area contributed by atoms with Crippen LogP contribution in [0.15, 0.2) is 51.8 Å². The van der Waals surface area contributed by atoms with Crippen LogP contribution < -0.4 is 5.56 Å². The number of halogens is 1. The molecule has 1 aliphatic rings. The maximum atomic E-state index is 12.4. The van der Waals surface area contributed by atoms with Gasteiger partial charge in [0.1, 0.15) is 11.2 Å². The van der Waals surface area contributed by atoms with Gasteiger partial charge in [-0.2, -0.15) is 0 Å². The van der Waals surface area contributed by atoms with Crippen LogP contribution in [0.5, 0.6) is 0 Å². The lowest BCUT2D eigenvalue weighted by Crippen LogP contribution is -2.33. The molecular weight excluding hydrogens is 388 g/mol. The Morgan fingerprint density at radius 1 is 1.14 bits per heavy atom. The van der Waals surface area contributed by atoms with E-state index in [4.69, 9.17) is 16.0 Å². The zero-order valence-electron chi connectivity index (χ0n) is 16.1. The van der Waals surface area contributed by atoms with E-state index in [0.717, 1.165) is 54.2 Å². The van der Waals surface area contributed by atoms with E-state index in [-0.39, 0.29) is 5.56 Å². The minimum Gasteiger partial charge on any atom is -0.440 e. The first-order chi connectivity index (χ1) is 14.0. The second kappa shape index (κ2) is 7.28. The van der Waals surface area contributed by atoms with E-state index in [1.54, 1.807) is 10.5 Å². The van der Waals surface area contributed by atoms with Gasteiger partial charge in [-0.15, -0.1) is 0 Å². The highest BCUT2D eigenvalue weighted by atomic mass is 35.5. The number of pyridine rings is 1. The Balaban J connectivity index is 1.28. The molecule has 148 valence electrons. The highest BCUT2D eigenvalue weighted by Crippen LogP contribution is 2.31. The van der Waals surface area contributed by atoms with Crippen molar-refractivity contribution in [3.05, 3.63) is 75.1 Å². The molecule has 1 saturated heterocycles. The fourth-order valence-corrected chi connectivity index (χ4v) is 4.17. The van der Waals surface area contributed by atoms with Crippen molar-refractivity contribution in [3.8, 4) is 0 Å². The molecule has 1 fully saturated rings. The number of hydrogen-bond donors (Lipinski definition) is 0. The Bertz CT molecular complexity index is 1250. The molecule has 1 aromatic carbocycles. The van der Waals surface area contributed by atoms with Gasteiger partial charge >= 0.3 is 0 Å². The smallest absolute Gasteiger partial charge is 0.258 e. The van der Waals surface area contributed by atoms with Crippen molar-refractivity contribution >= 4 is 28.3 Å². The Morgan fingerprint density at radius 3 is 2.79 bits per heavy atom. The second-order valence-electron chi connectivity index (χ2n) is 7.73. The average Bonchev–Trinajstić information content (AvgIpc) is 3.12. The van der Waals surface area contributed by atoms with Crippen molar-refractivity contribution in [1.29, 1.82) is 0 Å². The molecule has 4 aromatic rings. The molecule has 3 aromatic heterocycles. The normalized spacial score (nSPS) is 16.1. The van der Waals surface area contributed by atoms with Crippen LogP contribution in [0.4, 0.5) is 0 Å². The van der Waals surface area contributed by atoms with Crippen molar-refractivity contribution < 1.29 is 4.42 Å². The van der Waals surface area contributed by atoms with E-state index in [1.165, 1.54) is 0 Å². The molecule has 4 heterocycles. The Labute approximate surface area is 172 Å². The molecule has 1 aliphatic heterocycles. The van der Waals surface area contributed by atoms with Gasteiger partial charge in [0.2, 0.25) is 0 Å². The number of fused-ring (bicyclic) bond motifs is 2. The summed E-state index contributed by atoms with van der Waals surface area (Å²) in [5.74, 6) is 1.09. The zero-order valence-corrected chi connectivity index (χ0v) is 16.9. The minimum atomic E-state index is -0.0336. The number of rotatable bonds is 3. The Kier molecular flexibility index (Phi) is 4.60. The van der Waals surface area contributed by atoms with Crippen LogP contribution in [0.3, 0.4) is 0 Å². The van der Waals surface area contributed by atoms with E-state index in [0.29, 0.717) is 23.1 Å². The lowest BCUT2D eigenvalue weighted by Gasteiger charge is -2.30. The van der Waals surface area contributed by atoms with Crippen molar-refractivity contribution in [2.24, 2.45) is 0 Å². The third kappa shape index (κ3) is 3.66. The minimum absolute atomic E-state index is 0.0336. The molecule has 0 aliphatic carbocycles. The van der Waals surface area contributed by atoms with Crippen LogP contribution in [-0.4, -0.2) is 32.4 Å². The molecule has 0 amide bonds. The SMILES string of the molecule is Cc1ccc2nc(CN3CCC(c4nc5cc(Cl)ccc5o4)CC3)cc(=O)n2c1. The molecule has 0 bridgehead atoms. The van der Waals surface area contributed by atoms with E-state index in [1.807, 2.05) is 43.5 Å². The summed E-state index contributed by atoms with van der Waals surface area (Å²) in [6.45, 7) is 4.48. The predicted molar refractivity (Wildman–Crippen MR) is 112 cm³/mol. The summed E-state index contributed by atoms with van der Waals surface area (Å²) in [5, 5.41) is 0.668. The quantitative estimate of drug-likeness (QED) is 0.509. The van der Waals surface area contributed by atoms with Gasteiger partial charge in [0.15, 0.2) is 11.5 Å². The lowest BCUT2D eigenvalue weighted by molar-refractivity contribution is 0.192. The molecule has 0 atom stereocenters. The molecular formula is C22H21ClN4O2. The fourth-order valence-electron chi connectivity index (χ4n) is 4.00. The first-order valence-electron chi connectivity index (χ1n) is 9.82. The third-order valence-electron chi connectivity index (χ3n) is 5.55. The number of piperidine rings is 1. The van der Waals surface area contributed by atoms with Crippen LogP contribution in [0.1, 0.15) is 35.9 Å². The Morgan fingerprint density at radius 2 is 1.97 bits per heavy atom. The molecule has 7 heteroatoms. The number of likely N-dealkylation sites (tertiary alicyclic amines) is 1. The highest BCUT2D eigenvalue weighted by Gasteiger charge is 2.25. The van der Waals surface area contributed by atoms with Crippen LogP contribution in [-0.2, 0) is 6.54 Å². The highest BCUT2D eigenvalue weighted by molar-refractivity contribution is 6.31. The average molecular weight is 409 g/mol. The zero-order chi connectivity index (χ0) is 20.0. The second-order valence-corrected chi connectivity index (χ2v) is 8.17. The molecule has 0 unspecified atom stereocenters. The van der Waals surface area contributed by atoms with Crippen molar-refractivity contribution in [2.75, 3.05) is 13.1 Å². The lowest BCUT2D eigenvalue weighted by atomic mass is 9.96. The maximum Gasteiger partial charge on any atom is 0.258 e. The summed E-state index contributed by atoms with van der Waals surface area (Å²) < 4.78 is 7.55. The fraction of sp³-hybridized carbons (Fsp3) is 0.318. The van der Waals surface area contributed by atoms with Crippen molar-refractivity contribution in [2.45, 2.75) is 32.2 Å². The summed E-state index contributed by atoms with van der Waals surface area (Å²) in [6.07, 6.45) is 3.76. The van der Waals surface area contributed by atoms with Crippen LogP contribution >= 0.6 is 11.6 Å². The molecule has 0 spiro atoms. The van der Waals surface area contributed by atoms with E-state index in [9.17, 15) is 4.79 Å². The van der Waals surface area contributed by atoms with Gasteiger partial charge in [0.05, 0.1) is 5.69 Å². The molecule has 29 heavy (non-hydrogen) atoms. The number of aromatic nitrogens is 3.